The van der Waals surface area contributed by atoms with Crippen LogP contribution < -0.4 is 0 Å². The molecule has 5 heteroatoms. The Bertz CT molecular complexity index is 890. The lowest BCUT2D eigenvalue weighted by molar-refractivity contribution is 0.344. The number of hydrogen-bond donors (Lipinski definition) is 0. The Morgan fingerprint density at radius 3 is 3.00 bits per heavy atom. The first-order valence-electron chi connectivity index (χ1n) is 6.62. The van der Waals surface area contributed by atoms with E-state index in [1.54, 1.807) is 0 Å². The monoisotopic (exact) mass is 295 g/mol. The van der Waals surface area contributed by atoms with Gasteiger partial charge in [-0.3, -0.25) is 0 Å². The Kier molecular flexibility index (Phi) is 3.55. The minimum absolute atomic E-state index is 0.549. The molecule has 4 nitrogen and oxygen atoms in total. The Morgan fingerprint density at radius 1 is 1.43 bits per heavy atom. The van der Waals surface area contributed by atoms with Crippen molar-refractivity contribution >= 4 is 44.5 Å². The summed E-state index contributed by atoms with van der Waals surface area (Å²) in [6.45, 7) is 4.48. The second kappa shape index (κ2) is 5.51. The number of thiophene rings is 1. The van der Waals surface area contributed by atoms with Crippen molar-refractivity contribution in [2.24, 2.45) is 4.99 Å². The largest absolute Gasteiger partial charge is 0.483 e. The van der Waals surface area contributed by atoms with Crippen LogP contribution in [-0.4, -0.2) is 18.0 Å². The van der Waals surface area contributed by atoms with E-state index in [0.29, 0.717) is 17.2 Å². The molecule has 0 aliphatic carbocycles. The number of nitrogens with zero attached hydrogens (tertiary/aromatic N) is 3. The van der Waals surface area contributed by atoms with Crippen LogP contribution in [-0.2, 0) is 4.74 Å². The SMILES string of the molecule is CCOC=Nc1c(C#N)sc2nc3ccccc3c(C)c12. The van der Waals surface area contributed by atoms with Crippen molar-refractivity contribution in [2.45, 2.75) is 13.8 Å². The first kappa shape index (κ1) is 13.5. The highest BCUT2D eigenvalue weighted by Gasteiger charge is 2.16. The zero-order valence-corrected chi connectivity index (χ0v) is 12.6. The minimum Gasteiger partial charge on any atom is -0.483 e. The molecule has 21 heavy (non-hydrogen) atoms. The number of aryl methyl sites for hydroxylation is 1. The van der Waals surface area contributed by atoms with E-state index in [-0.39, 0.29) is 0 Å². The molecular weight excluding hydrogens is 282 g/mol. The highest BCUT2D eigenvalue weighted by Crippen LogP contribution is 2.40. The average molecular weight is 295 g/mol. The van der Waals surface area contributed by atoms with Crippen LogP contribution in [0.4, 0.5) is 5.69 Å². The fourth-order valence-corrected chi connectivity index (χ4v) is 3.31. The third kappa shape index (κ3) is 2.24. The molecular formula is C16H13N3OS. The van der Waals surface area contributed by atoms with Gasteiger partial charge < -0.3 is 4.74 Å². The van der Waals surface area contributed by atoms with Crippen LogP contribution in [0.5, 0.6) is 0 Å². The summed E-state index contributed by atoms with van der Waals surface area (Å²) in [5.41, 5.74) is 2.69. The van der Waals surface area contributed by atoms with E-state index >= 15 is 0 Å². The number of benzene rings is 1. The van der Waals surface area contributed by atoms with E-state index in [1.807, 2.05) is 38.1 Å². The summed E-state index contributed by atoms with van der Waals surface area (Å²) in [5.74, 6) is 0. The predicted molar refractivity (Wildman–Crippen MR) is 86.4 cm³/mol. The van der Waals surface area contributed by atoms with Crippen molar-refractivity contribution in [3.05, 3.63) is 34.7 Å². The summed E-state index contributed by atoms with van der Waals surface area (Å²) >= 11 is 1.37. The van der Waals surface area contributed by atoms with Crippen molar-refractivity contribution in [1.82, 2.24) is 4.98 Å². The van der Waals surface area contributed by atoms with Crippen molar-refractivity contribution in [1.29, 1.82) is 5.26 Å². The summed E-state index contributed by atoms with van der Waals surface area (Å²) in [4.78, 5) is 10.4. The molecule has 0 radical (unpaired) electrons. The highest BCUT2D eigenvalue weighted by molar-refractivity contribution is 7.19. The van der Waals surface area contributed by atoms with Crippen molar-refractivity contribution in [2.75, 3.05) is 6.61 Å². The van der Waals surface area contributed by atoms with Gasteiger partial charge in [-0.2, -0.15) is 5.26 Å². The van der Waals surface area contributed by atoms with Crippen molar-refractivity contribution in [3.8, 4) is 6.07 Å². The molecule has 0 fully saturated rings. The molecule has 0 saturated heterocycles. The van der Waals surface area contributed by atoms with Gasteiger partial charge in [0.2, 0.25) is 0 Å². The third-order valence-corrected chi connectivity index (χ3v) is 4.27. The zero-order chi connectivity index (χ0) is 14.8. The number of hydrogen-bond acceptors (Lipinski definition) is 5. The van der Waals surface area contributed by atoms with E-state index < -0.39 is 0 Å². The summed E-state index contributed by atoms with van der Waals surface area (Å²) in [5, 5.41) is 11.3. The molecule has 0 aliphatic heterocycles. The van der Waals surface area contributed by atoms with Gasteiger partial charge in [-0.15, -0.1) is 11.3 Å². The van der Waals surface area contributed by atoms with Crippen molar-refractivity contribution in [3.63, 3.8) is 0 Å². The van der Waals surface area contributed by atoms with Gasteiger partial charge in [0.15, 0.2) is 6.40 Å². The van der Waals surface area contributed by atoms with Crippen LogP contribution in [0.3, 0.4) is 0 Å². The molecule has 3 rings (SSSR count). The fourth-order valence-electron chi connectivity index (χ4n) is 2.32. The summed E-state index contributed by atoms with van der Waals surface area (Å²) in [6, 6.07) is 10.2. The lowest BCUT2D eigenvalue weighted by atomic mass is 10.1. The van der Waals surface area contributed by atoms with E-state index in [4.69, 9.17) is 4.74 Å². The van der Waals surface area contributed by atoms with Crippen molar-refractivity contribution < 1.29 is 4.74 Å². The standard InChI is InChI=1S/C16H13N3OS/c1-3-20-9-18-15-13(8-17)21-16-14(15)10(2)11-6-4-5-7-12(11)19-16/h4-7,9H,3H2,1-2H3. The summed E-state index contributed by atoms with van der Waals surface area (Å²) < 4.78 is 5.17. The molecule has 0 N–H and O–H groups in total. The molecule has 0 aliphatic rings. The molecule has 0 spiro atoms. The number of aliphatic imine (C=N–C) groups is 1. The lowest BCUT2D eigenvalue weighted by Crippen LogP contribution is -1.86. The van der Waals surface area contributed by atoms with Gasteiger partial charge in [-0.25, -0.2) is 9.98 Å². The van der Waals surface area contributed by atoms with Crippen LogP contribution in [0.2, 0.25) is 0 Å². The van der Waals surface area contributed by atoms with Crippen LogP contribution >= 0.6 is 11.3 Å². The van der Waals surface area contributed by atoms with Gasteiger partial charge in [0, 0.05) is 10.8 Å². The molecule has 1 aromatic carbocycles. The Labute approximate surface area is 126 Å². The van der Waals surface area contributed by atoms with Gasteiger partial charge in [0.05, 0.1) is 12.1 Å². The zero-order valence-electron chi connectivity index (χ0n) is 11.8. The fraction of sp³-hybridized carbons (Fsp3) is 0.188. The van der Waals surface area contributed by atoms with Gasteiger partial charge in [-0.05, 0) is 25.5 Å². The van der Waals surface area contributed by atoms with Gasteiger partial charge in [0.1, 0.15) is 21.5 Å². The van der Waals surface area contributed by atoms with Crippen LogP contribution in [0.1, 0.15) is 17.4 Å². The van der Waals surface area contributed by atoms with E-state index in [9.17, 15) is 5.26 Å². The molecule has 3 aromatic rings. The van der Waals surface area contributed by atoms with E-state index in [2.05, 4.69) is 16.0 Å². The first-order chi connectivity index (χ1) is 10.3. The summed E-state index contributed by atoms with van der Waals surface area (Å²) in [7, 11) is 0. The second-order valence-corrected chi connectivity index (χ2v) is 5.51. The molecule has 0 unspecified atom stereocenters. The number of aromatic nitrogens is 1. The van der Waals surface area contributed by atoms with E-state index in [1.165, 1.54) is 17.7 Å². The number of fused-ring (bicyclic) bond motifs is 2. The molecule has 0 atom stereocenters. The first-order valence-corrected chi connectivity index (χ1v) is 7.44. The second-order valence-electron chi connectivity index (χ2n) is 4.52. The lowest BCUT2D eigenvalue weighted by Gasteiger charge is -2.04. The third-order valence-electron chi connectivity index (χ3n) is 3.29. The number of ether oxygens (including phenoxy) is 1. The smallest absolute Gasteiger partial charge is 0.174 e. The Hall–Kier alpha value is -2.45. The predicted octanol–water partition coefficient (Wildman–Crippen LogP) is 4.33. The maximum atomic E-state index is 9.32. The molecule has 2 aromatic heterocycles. The minimum atomic E-state index is 0.549. The summed E-state index contributed by atoms with van der Waals surface area (Å²) in [6.07, 6.45) is 1.40. The number of pyridine rings is 1. The molecule has 104 valence electrons. The molecule has 2 heterocycles. The maximum absolute atomic E-state index is 9.32. The average Bonchev–Trinajstić information content (AvgIpc) is 2.86. The maximum Gasteiger partial charge on any atom is 0.174 e. The Morgan fingerprint density at radius 2 is 2.24 bits per heavy atom. The number of para-hydroxylation sites is 1. The topological polar surface area (TPSA) is 58.3 Å². The molecule has 0 saturated carbocycles. The van der Waals surface area contributed by atoms with Crippen LogP contribution in [0.25, 0.3) is 21.1 Å². The van der Waals surface area contributed by atoms with E-state index in [0.717, 1.165) is 26.7 Å². The van der Waals surface area contributed by atoms with Gasteiger partial charge in [0.25, 0.3) is 0 Å². The van der Waals surface area contributed by atoms with Gasteiger partial charge in [-0.1, -0.05) is 18.2 Å². The normalized spacial score (nSPS) is 11.3. The molecule has 0 amide bonds. The quantitative estimate of drug-likeness (QED) is 0.534. The van der Waals surface area contributed by atoms with Gasteiger partial charge >= 0.3 is 0 Å². The number of rotatable bonds is 3. The number of nitriles is 1. The molecule has 0 bridgehead atoms. The Balaban J connectivity index is 2.35. The van der Waals surface area contributed by atoms with Crippen LogP contribution in [0.15, 0.2) is 29.3 Å². The highest BCUT2D eigenvalue weighted by atomic mass is 32.1. The van der Waals surface area contributed by atoms with Crippen LogP contribution in [0, 0.1) is 18.3 Å².